The van der Waals surface area contributed by atoms with Gasteiger partial charge in [0.15, 0.2) is 0 Å². The summed E-state index contributed by atoms with van der Waals surface area (Å²) in [7, 11) is 1.73. The highest BCUT2D eigenvalue weighted by atomic mass is 16.5. The van der Waals surface area contributed by atoms with Crippen molar-refractivity contribution in [2.75, 3.05) is 31.7 Å². The first kappa shape index (κ1) is 15.0. The maximum absolute atomic E-state index is 6.18. The van der Waals surface area contributed by atoms with Gasteiger partial charge in [-0.1, -0.05) is 18.2 Å². The van der Waals surface area contributed by atoms with Crippen molar-refractivity contribution in [2.45, 2.75) is 32.7 Å². The highest BCUT2D eigenvalue weighted by Crippen LogP contribution is 2.19. The first-order valence-corrected chi connectivity index (χ1v) is 6.74. The summed E-state index contributed by atoms with van der Waals surface area (Å²) in [5, 5.41) is 0. The van der Waals surface area contributed by atoms with Crippen LogP contribution in [0.1, 0.15) is 25.3 Å². The monoisotopic (exact) mass is 250 g/mol. The molecule has 0 radical (unpaired) electrons. The molecule has 2 N–H and O–H groups in total. The molecular formula is C15H26N2O. The first-order chi connectivity index (χ1) is 8.69. The van der Waals surface area contributed by atoms with E-state index in [0.717, 1.165) is 32.5 Å². The molecule has 0 aliphatic rings. The Morgan fingerprint density at radius 2 is 2.06 bits per heavy atom. The lowest BCUT2D eigenvalue weighted by Gasteiger charge is -2.28. The molecule has 0 amide bonds. The second-order valence-corrected chi connectivity index (χ2v) is 4.72. The molecule has 0 saturated heterocycles. The number of likely N-dealkylation sites (N-methyl/N-ethyl adjacent to an activating group) is 1. The number of rotatable bonds is 8. The number of aryl methyl sites for hydroxylation is 1. The van der Waals surface area contributed by atoms with Crippen molar-refractivity contribution in [3.8, 4) is 0 Å². The third-order valence-corrected chi connectivity index (χ3v) is 3.22. The normalized spacial score (nSPS) is 12.4. The zero-order valence-corrected chi connectivity index (χ0v) is 11.9. The third-order valence-electron chi connectivity index (χ3n) is 3.22. The number of ether oxygens (including phenoxy) is 1. The molecule has 0 fully saturated rings. The van der Waals surface area contributed by atoms with Gasteiger partial charge in [-0.05, 0) is 38.3 Å². The number of hydrogen-bond donors (Lipinski definition) is 1. The van der Waals surface area contributed by atoms with E-state index in [9.17, 15) is 0 Å². The molecule has 3 nitrogen and oxygen atoms in total. The average molecular weight is 250 g/mol. The molecule has 1 aromatic carbocycles. The van der Waals surface area contributed by atoms with Gasteiger partial charge < -0.3 is 15.4 Å². The van der Waals surface area contributed by atoms with Crippen LogP contribution in [0.3, 0.4) is 0 Å². The smallest absolute Gasteiger partial charge is 0.0462 e. The van der Waals surface area contributed by atoms with Crippen molar-refractivity contribution >= 4 is 5.69 Å². The standard InChI is InChI=1S/C15H26N2O/c1-4-17(12-14(16)9-7-11-18-3)15-10-6-5-8-13(15)2/h5-6,8,10,14H,4,7,9,11-12,16H2,1-3H3. The summed E-state index contributed by atoms with van der Waals surface area (Å²) in [5.41, 5.74) is 8.78. The molecular weight excluding hydrogens is 224 g/mol. The zero-order valence-electron chi connectivity index (χ0n) is 11.9. The molecule has 0 heterocycles. The molecule has 0 bridgehead atoms. The zero-order chi connectivity index (χ0) is 13.4. The van der Waals surface area contributed by atoms with E-state index in [2.05, 4.69) is 43.0 Å². The Morgan fingerprint density at radius 1 is 1.33 bits per heavy atom. The fourth-order valence-electron chi connectivity index (χ4n) is 2.18. The highest BCUT2D eigenvalue weighted by Gasteiger charge is 2.11. The van der Waals surface area contributed by atoms with Gasteiger partial charge in [0.2, 0.25) is 0 Å². The van der Waals surface area contributed by atoms with E-state index in [1.165, 1.54) is 11.3 Å². The Balaban J connectivity index is 2.54. The minimum Gasteiger partial charge on any atom is -0.385 e. The second-order valence-electron chi connectivity index (χ2n) is 4.72. The number of anilines is 1. The molecule has 102 valence electrons. The third kappa shape index (κ3) is 4.67. The van der Waals surface area contributed by atoms with Gasteiger partial charge in [-0.25, -0.2) is 0 Å². The van der Waals surface area contributed by atoms with Crippen molar-refractivity contribution < 1.29 is 4.74 Å². The van der Waals surface area contributed by atoms with E-state index in [1.54, 1.807) is 7.11 Å². The summed E-state index contributed by atoms with van der Waals surface area (Å²) in [5.74, 6) is 0. The van der Waals surface area contributed by atoms with Crippen molar-refractivity contribution in [1.82, 2.24) is 0 Å². The summed E-state index contributed by atoms with van der Waals surface area (Å²) in [6.45, 7) is 7.01. The molecule has 0 aliphatic heterocycles. The Morgan fingerprint density at radius 3 is 2.67 bits per heavy atom. The van der Waals surface area contributed by atoms with Crippen LogP contribution in [-0.4, -0.2) is 32.8 Å². The van der Waals surface area contributed by atoms with Crippen LogP contribution in [0.4, 0.5) is 5.69 Å². The van der Waals surface area contributed by atoms with Crippen LogP contribution in [0.5, 0.6) is 0 Å². The van der Waals surface area contributed by atoms with Crippen LogP contribution in [0.15, 0.2) is 24.3 Å². The van der Waals surface area contributed by atoms with Gasteiger partial charge in [-0.15, -0.1) is 0 Å². The number of nitrogens with zero attached hydrogens (tertiary/aromatic N) is 1. The van der Waals surface area contributed by atoms with Crippen LogP contribution >= 0.6 is 0 Å². The van der Waals surface area contributed by atoms with Crippen molar-refractivity contribution in [3.63, 3.8) is 0 Å². The molecule has 1 aromatic rings. The molecule has 0 spiro atoms. The van der Waals surface area contributed by atoms with Crippen LogP contribution < -0.4 is 10.6 Å². The van der Waals surface area contributed by atoms with E-state index >= 15 is 0 Å². The number of para-hydroxylation sites is 1. The second kappa shape index (κ2) is 8.11. The Hall–Kier alpha value is -1.06. The molecule has 1 atom stereocenters. The summed E-state index contributed by atoms with van der Waals surface area (Å²) < 4.78 is 5.06. The molecule has 18 heavy (non-hydrogen) atoms. The van der Waals surface area contributed by atoms with Crippen molar-refractivity contribution in [3.05, 3.63) is 29.8 Å². The van der Waals surface area contributed by atoms with E-state index in [4.69, 9.17) is 10.5 Å². The molecule has 0 aliphatic carbocycles. The van der Waals surface area contributed by atoms with Gasteiger partial charge in [-0.2, -0.15) is 0 Å². The Labute approximate surface area is 111 Å². The number of methoxy groups -OCH3 is 1. The first-order valence-electron chi connectivity index (χ1n) is 6.74. The summed E-state index contributed by atoms with van der Waals surface area (Å²) >= 11 is 0. The largest absolute Gasteiger partial charge is 0.385 e. The SMILES string of the molecule is CCN(CC(N)CCCOC)c1ccccc1C. The van der Waals surface area contributed by atoms with E-state index in [-0.39, 0.29) is 6.04 Å². The van der Waals surface area contributed by atoms with Crippen LogP contribution in [0.2, 0.25) is 0 Å². The van der Waals surface area contributed by atoms with E-state index in [1.807, 2.05) is 0 Å². The van der Waals surface area contributed by atoms with Gasteiger partial charge in [0.05, 0.1) is 0 Å². The lowest BCUT2D eigenvalue weighted by Crippen LogP contribution is -2.38. The number of hydrogen-bond acceptors (Lipinski definition) is 3. The number of nitrogens with two attached hydrogens (primary N) is 1. The summed E-state index contributed by atoms with van der Waals surface area (Å²) in [6.07, 6.45) is 2.04. The predicted molar refractivity (Wildman–Crippen MR) is 78.2 cm³/mol. The highest BCUT2D eigenvalue weighted by molar-refractivity contribution is 5.52. The molecule has 0 saturated carbocycles. The quantitative estimate of drug-likeness (QED) is 0.721. The van der Waals surface area contributed by atoms with Gasteiger partial charge in [0, 0.05) is 38.5 Å². The van der Waals surface area contributed by atoms with Crippen LogP contribution in [0.25, 0.3) is 0 Å². The van der Waals surface area contributed by atoms with Gasteiger partial charge in [0.25, 0.3) is 0 Å². The fourth-order valence-corrected chi connectivity index (χ4v) is 2.18. The van der Waals surface area contributed by atoms with Gasteiger partial charge >= 0.3 is 0 Å². The minimum atomic E-state index is 0.208. The molecule has 3 heteroatoms. The molecule has 1 rings (SSSR count). The maximum Gasteiger partial charge on any atom is 0.0462 e. The van der Waals surface area contributed by atoms with E-state index in [0.29, 0.717) is 0 Å². The van der Waals surface area contributed by atoms with E-state index < -0.39 is 0 Å². The lowest BCUT2D eigenvalue weighted by molar-refractivity contribution is 0.190. The van der Waals surface area contributed by atoms with Crippen molar-refractivity contribution in [1.29, 1.82) is 0 Å². The Kier molecular flexibility index (Phi) is 6.76. The average Bonchev–Trinajstić information content (AvgIpc) is 2.37. The topological polar surface area (TPSA) is 38.5 Å². The van der Waals surface area contributed by atoms with Crippen molar-refractivity contribution in [2.24, 2.45) is 5.73 Å². The Bertz CT molecular complexity index is 341. The minimum absolute atomic E-state index is 0.208. The molecule has 1 unspecified atom stereocenters. The van der Waals surface area contributed by atoms with Gasteiger partial charge in [-0.3, -0.25) is 0 Å². The van der Waals surface area contributed by atoms with Gasteiger partial charge in [0.1, 0.15) is 0 Å². The fraction of sp³-hybridized carbons (Fsp3) is 0.600. The summed E-state index contributed by atoms with van der Waals surface area (Å²) in [6, 6.07) is 8.68. The number of benzene rings is 1. The molecule has 0 aromatic heterocycles. The predicted octanol–water partition coefficient (Wildman–Crippen LogP) is 2.58. The van der Waals surface area contributed by atoms with Crippen LogP contribution in [-0.2, 0) is 4.74 Å². The summed E-state index contributed by atoms with van der Waals surface area (Å²) in [4.78, 5) is 2.35. The van der Waals surface area contributed by atoms with Crippen LogP contribution in [0, 0.1) is 6.92 Å². The maximum atomic E-state index is 6.18. The lowest BCUT2D eigenvalue weighted by atomic mass is 10.1.